The van der Waals surface area contributed by atoms with Gasteiger partial charge in [-0.1, -0.05) is 62.9 Å². The Bertz CT molecular complexity index is 598. The van der Waals surface area contributed by atoms with Crippen molar-refractivity contribution in [3.8, 4) is 0 Å². The molecule has 134 valence electrons. The van der Waals surface area contributed by atoms with E-state index < -0.39 is 11.9 Å². The summed E-state index contributed by atoms with van der Waals surface area (Å²) in [6, 6.07) is 10.0. The van der Waals surface area contributed by atoms with Gasteiger partial charge in [0.2, 0.25) is 0 Å². The van der Waals surface area contributed by atoms with Gasteiger partial charge in [-0.15, -0.1) is 0 Å². The van der Waals surface area contributed by atoms with Crippen LogP contribution in [-0.2, 0) is 23.9 Å². The van der Waals surface area contributed by atoms with Crippen molar-refractivity contribution >= 4 is 24.0 Å². The number of unbranched alkanes of at least 4 members (excludes halogenated alkanes) is 1. The number of esters is 3. The third kappa shape index (κ3) is 12.2. The number of carbonyl (C=O) groups is 3. The lowest BCUT2D eigenvalue weighted by molar-refractivity contribution is -0.150. The number of hydrogen-bond donors (Lipinski definition) is 0. The summed E-state index contributed by atoms with van der Waals surface area (Å²) in [5.74, 6) is -1.44. The first-order chi connectivity index (χ1) is 11.9. The Hall–Kier alpha value is -2.95. The fourth-order valence-electron chi connectivity index (χ4n) is 1.32. The van der Waals surface area contributed by atoms with E-state index in [1.807, 2.05) is 36.4 Å². The van der Waals surface area contributed by atoms with Crippen LogP contribution in [0.25, 0.3) is 6.08 Å². The first kappa shape index (κ1) is 22.1. The predicted molar refractivity (Wildman–Crippen MR) is 97.5 cm³/mol. The van der Waals surface area contributed by atoms with E-state index in [1.54, 1.807) is 6.92 Å². The molecule has 0 aliphatic carbocycles. The van der Waals surface area contributed by atoms with E-state index in [1.165, 1.54) is 5.56 Å². The van der Waals surface area contributed by atoms with Crippen LogP contribution in [0.15, 0.2) is 61.2 Å². The molecule has 1 aromatic carbocycles. The van der Waals surface area contributed by atoms with Crippen LogP contribution in [0.5, 0.6) is 0 Å². The van der Waals surface area contributed by atoms with E-state index in [2.05, 4.69) is 24.8 Å². The van der Waals surface area contributed by atoms with Crippen molar-refractivity contribution in [1.82, 2.24) is 0 Å². The highest BCUT2D eigenvalue weighted by Gasteiger charge is 2.10. The Morgan fingerprint density at radius 2 is 1.72 bits per heavy atom. The van der Waals surface area contributed by atoms with Crippen LogP contribution < -0.4 is 0 Å². The molecule has 1 aliphatic rings. The van der Waals surface area contributed by atoms with Crippen molar-refractivity contribution in [3.05, 3.63) is 66.8 Å². The van der Waals surface area contributed by atoms with E-state index in [0.29, 0.717) is 12.2 Å². The molecule has 0 spiro atoms. The lowest BCUT2D eigenvalue weighted by Crippen LogP contribution is -2.05. The third-order valence-corrected chi connectivity index (χ3v) is 2.67. The normalized spacial score (nSPS) is 11.3. The maximum atomic E-state index is 10.7. The summed E-state index contributed by atoms with van der Waals surface area (Å²) in [7, 11) is 0. The molecular formula is C20H24O5. The predicted octanol–water partition coefficient (Wildman–Crippen LogP) is 3.86. The number of rotatable bonds is 5. The molecule has 0 radical (unpaired) electrons. The van der Waals surface area contributed by atoms with E-state index in [-0.39, 0.29) is 5.97 Å². The van der Waals surface area contributed by atoms with Gasteiger partial charge in [0, 0.05) is 17.7 Å². The first-order valence-electron chi connectivity index (χ1n) is 7.84. The Labute approximate surface area is 148 Å². The lowest BCUT2D eigenvalue weighted by Gasteiger charge is -2.01. The Morgan fingerprint density at radius 1 is 1.16 bits per heavy atom. The molecule has 1 aliphatic heterocycles. The molecule has 0 amide bonds. The average Bonchev–Trinajstić information content (AvgIpc) is 2.99. The number of ether oxygens (including phenoxy) is 2. The summed E-state index contributed by atoms with van der Waals surface area (Å²) in [4.78, 5) is 30.5. The number of carbonyl (C=O) groups excluding carboxylic acids is 3. The lowest BCUT2D eigenvalue weighted by atomic mass is 10.2. The van der Waals surface area contributed by atoms with Gasteiger partial charge in [-0.05, 0) is 18.9 Å². The second-order valence-electron chi connectivity index (χ2n) is 4.96. The summed E-state index contributed by atoms with van der Waals surface area (Å²) in [5.41, 5.74) is 1.64. The first-order valence-corrected chi connectivity index (χ1v) is 7.84. The zero-order valence-corrected chi connectivity index (χ0v) is 14.7. The van der Waals surface area contributed by atoms with Crippen LogP contribution in [0.2, 0.25) is 0 Å². The monoisotopic (exact) mass is 344 g/mol. The molecule has 5 heteroatoms. The van der Waals surface area contributed by atoms with Gasteiger partial charge in [-0.3, -0.25) is 0 Å². The minimum atomic E-state index is -0.579. The van der Waals surface area contributed by atoms with Crippen molar-refractivity contribution in [2.24, 2.45) is 0 Å². The van der Waals surface area contributed by atoms with E-state index in [4.69, 9.17) is 4.74 Å². The number of benzene rings is 1. The minimum absolute atomic E-state index is 0.284. The van der Waals surface area contributed by atoms with Crippen LogP contribution >= 0.6 is 0 Å². The summed E-state index contributed by atoms with van der Waals surface area (Å²) < 4.78 is 8.78. The Kier molecular flexibility index (Phi) is 11.9. The molecule has 0 aromatic heterocycles. The molecule has 0 bridgehead atoms. The van der Waals surface area contributed by atoms with E-state index >= 15 is 0 Å². The van der Waals surface area contributed by atoms with Gasteiger partial charge in [-0.2, -0.15) is 0 Å². The molecule has 0 saturated heterocycles. The van der Waals surface area contributed by atoms with Crippen molar-refractivity contribution in [2.45, 2.75) is 26.7 Å². The second kappa shape index (κ2) is 13.5. The van der Waals surface area contributed by atoms with Gasteiger partial charge >= 0.3 is 17.9 Å². The molecule has 0 N–H and O–H groups in total. The smallest absolute Gasteiger partial charge is 0.338 e. The molecular weight excluding hydrogens is 320 g/mol. The highest BCUT2D eigenvalue weighted by atomic mass is 16.6. The highest BCUT2D eigenvalue weighted by Crippen LogP contribution is 1.97. The molecule has 0 fully saturated rings. The number of cyclic esters (lactones) is 2. The van der Waals surface area contributed by atoms with E-state index in [0.717, 1.165) is 25.0 Å². The van der Waals surface area contributed by atoms with E-state index in [9.17, 15) is 14.4 Å². The van der Waals surface area contributed by atoms with Crippen LogP contribution in [0.1, 0.15) is 32.3 Å². The zero-order chi connectivity index (χ0) is 19.1. The minimum Gasteiger partial charge on any atom is -0.462 e. The summed E-state index contributed by atoms with van der Waals surface area (Å²) >= 11 is 0. The third-order valence-electron chi connectivity index (χ3n) is 2.67. The summed E-state index contributed by atoms with van der Waals surface area (Å²) in [5, 5.41) is 0. The molecule has 0 saturated carbocycles. The van der Waals surface area contributed by atoms with Gasteiger partial charge in [0.15, 0.2) is 0 Å². The number of hydrogen-bond acceptors (Lipinski definition) is 5. The zero-order valence-electron chi connectivity index (χ0n) is 14.7. The van der Waals surface area contributed by atoms with Crippen LogP contribution in [0.3, 0.4) is 0 Å². The van der Waals surface area contributed by atoms with Crippen LogP contribution in [0, 0.1) is 0 Å². The van der Waals surface area contributed by atoms with Gasteiger partial charge in [0.1, 0.15) is 0 Å². The standard InChI is InChI=1S/C8H14O2.C8H8.C4H2O3/c1-4-5-6-10-8(9)7(2)3;1-2-8-6-4-3-5-7-8;5-3-1-2-4(6)7-3/h2,4-6H2,1,3H3;2-7H,1H2;1-2H. The molecule has 5 nitrogen and oxygen atoms in total. The quantitative estimate of drug-likeness (QED) is 0.351. The maximum Gasteiger partial charge on any atom is 0.338 e. The molecule has 0 unspecified atom stereocenters. The fourth-order valence-corrected chi connectivity index (χ4v) is 1.32. The molecule has 1 aromatic rings. The van der Waals surface area contributed by atoms with Gasteiger partial charge in [-0.25, -0.2) is 14.4 Å². The van der Waals surface area contributed by atoms with Gasteiger partial charge < -0.3 is 9.47 Å². The van der Waals surface area contributed by atoms with Crippen molar-refractivity contribution in [3.63, 3.8) is 0 Å². The highest BCUT2D eigenvalue weighted by molar-refractivity contribution is 6.04. The Morgan fingerprint density at radius 3 is 2.04 bits per heavy atom. The summed E-state index contributed by atoms with van der Waals surface area (Å²) in [6.07, 6.45) is 5.98. The molecule has 0 atom stereocenters. The second-order valence-corrected chi connectivity index (χ2v) is 4.96. The van der Waals surface area contributed by atoms with Gasteiger partial charge in [0.25, 0.3) is 0 Å². The van der Waals surface area contributed by atoms with Crippen molar-refractivity contribution in [1.29, 1.82) is 0 Å². The van der Waals surface area contributed by atoms with Crippen LogP contribution in [-0.4, -0.2) is 24.5 Å². The maximum absolute atomic E-state index is 10.7. The van der Waals surface area contributed by atoms with Crippen molar-refractivity contribution in [2.75, 3.05) is 6.61 Å². The SMILES string of the molecule is C=C(C)C(=O)OCCCC.C=Cc1ccccc1.O=C1C=CC(=O)O1. The average molecular weight is 344 g/mol. The summed E-state index contributed by atoms with van der Waals surface area (Å²) in [6.45, 7) is 11.3. The topological polar surface area (TPSA) is 69.7 Å². The van der Waals surface area contributed by atoms with Crippen LogP contribution in [0.4, 0.5) is 0 Å². The van der Waals surface area contributed by atoms with Gasteiger partial charge in [0.05, 0.1) is 6.61 Å². The fraction of sp³-hybridized carbons (Fsp3) is 0.250. The molecule has 1 heterocycles. The molecule has 25 heavy (non-hydrogen) atoms. The Balaban J connectivity index is 0.000000350. The van der Waals surface area contributed by atoms with Crippen molar-refractivity contribution < 1.29 is 23.9 Å². The molecule has 2 rings (SSSR count). The largest absolute Gasteiger partial charge is 0.462 e.